The zero-order chi connectivity index (χ0) is 12.8. The van der Waals surface area contributed by atoms with E-state index in [0.717, 1.165) is 25.7 Å². The van der Waals surface area contributed by atoms with Crippen molar-refractivity contribution in [1.29, 1.82) is 0 Å². The molecular weight excluding hydrogens is 231 g/mol. The van der Waals surface area contributed by atoms with E-state index in [2.05, 4.69) is 10.3 Å². The van der Waals surface area contributed by atoms with Gasteiger partial charge in [0.1, 0.15) is 5.82 Å². The Hall–Kier alpha value is -1.45. The number of pyridine rings is 1. The molecule has 1 aromatic rings. The standard InChI is InChI=1S/C14H19FN2O/c15-12-9-6-10-13(16-12)17-14(18)11-7-4-2-1-3-5-8-11/h6,9-11H,1-5,7-8H2,(H,16,17,18). The van der Waals surface area contributed by atoms with Gasteiger partial charge < -0.3 is 5.32 Å². The summed E-state index contributed by atoms with van der Waals surface area (Å²) in [5.74, 6) is -0.224. The van der Waals surface area contributed by atoms with Gasteiger partial charge in [0.2, 0.25) is 11.9 Å². The molecule has 0 atom stereocenters. The van der Waals surface area contributed by atoms with Crippen molar-refractivity contribution < 1.29 is 9.18 Å². The van der Waals surface area contributed by atoms with E-state index in [1.165, 1.54) is 25.3 Å². The Labute approximate surface area is 107 Å². The molecule has 0 spiro atoms. The molecule has 0 radical (unpaired) electrons. The number of carbonyl (C=O) groups is 1. The molecular formula is C14H19FN2O. The van der Waals surface area contributed by atoms with Crippen molar-refractivity contribution >= 4 is 11.7 Å². The van der Waals surface area contributed by atoms with Gasteiger partial charge in [0.05, 0.1) is 0 Å². The zero-order valence-electron chi connectivity index (χ0n) is 10.5. The first-order chi connectivity index (χ1) is 8.75. The van der Waals surface area contributed by atoms with E-state index in [1.807, 2.05) is 0 Å². The second-order valence-electron chi connectivity index (χ2n) is 4.88. The number of carbonyl (C=O) groups excluding carboxylic acids is 1. The average Bonchev–Trinajstić information content (AvgIpc) is 2.28. The highest BCUT2D eigenvalue weighted by molar-refractivity contribution is 5.91. The third kappa shape index (κ3) is 3.79. The molecule has 0 aromatic carbocycles. The number of nitrogens with one attached hydrogen (secondary N) is 1. The van der Waals surface area contributed by atoms with Gasteiger partial charge in [-0.3, -0.25) is 4.79 Å². The highest BCUT2D eigenvalue weighted by atomic mass is 19.1. The first kappa shape index (κ1) is 13.0. The van der Waals surface area contributed by atoms with Crippen LogP contribution in [0.3, 0.4) is 0 Å². The molecule has 1 aliphatic rings. The Kier molecular flexibility index (Phi) is 4.67. The van der Waals surface area contributed by atoms with E-state index < -0.39 is 5.95 Å². The van der Waals surface area contributed by atoms with E-state index in [-0.39, 0.29) is 11.8 Å². The Morgan fingerprint density at radius 3 is 2.50 bits per heavy atom. The van der Waals surface area contributed by atoms with Crippen molar-refractivity contribution in [3.05, 3.63) is 24.1 Å². The first-order valence-electron chi connectivity index (χ1n) is 6.69. The number of amides is 1. The van der Waals surface area contributed by atoms with Crippen molar-refractivity contribution in [2.24, 2.45) is 5.92 Å². The van der Waals surface area contributed by atoms with Gasteiger partial charge in [0.25, 0.3) is 0 Å². The minimum absolute atomic E-state index is 0.0185. The summed E-state index contributed by atoms with van der Waals surface area (Å²) in [6.45, 7) is 0. The second-order valence-corrected chi connectivity index (χ2v) is 4.88. The van der Waals surface area contributed by atoms with Gasteiger partial charge in [0.15, 0.2) is 0 Å². The van der Waals surface area contributed by atoms with Gasteiger partial charge in [-0.1, -0.05) is 38.2 Å². The minimum atomic E-state index is -0.564. The normalized spacial score (nSPS) is 17.8. The summed E-state index contributed by atoms with van der Waals surface area (Å²) in [5, 5.41) is 2.71. The first-order valence-corrected chi connectivity index (χ1v) is 6.69. The lowest BCUT2D eigenvalue weighted by Crippen LogP contribution is -2.24. The van der Waals surface area contributed by atoms with Crippen LogP contribution in [0.5, 0.6) is 0 Å². The number of aromatic nitrogens is 1. The topological polar surface area (TPSA) is 42.0 Å². The lowest BCUT2D eigenvalue weighted by molar-refractivity contribution is -0.120. The van der Waals surface area contributed by atoms with E-state index in [0.29, 0.717) is 5.82 Å². The van der Waals surface area contributed by atoms with Gasteiger partial charge in [-0.25, -0.2) is 4.98 Å². The van der Waals surface area contributed by atoms with Gasteiger partial charge in [-0.05, 0) is 25.0 Å². The van der Waals surface area contributed by atoms with Crippen molar-refractivity contribution in [2.45, 2.75) is 44.9 Å². The van der Waals surface area contributed by atoms with E-state index in [1.54, 1.807) is 12.1 Å². The summed E-state index contributed by atoms with van der Waals surface area (Å²) in [7, 11) is 0. The maximum atomic E-state index is 12.9. The molecule has 2 rings (SSSR count). The molecule has 1 fully saturated rings. The van der Waals surface area contributed by atoms with Crippen molar-refractivity contribution in [2.75, 3.05) is 5.32 Å². The smallest absolute Gasteiger partial charge is 0.228 e. The molecule has 98 valence electrons. The van der Waals surface area contributed by atoms with Crippen LogP contribution in [0.2, 0.25) is 0 Å². The lowest BCUT2D eigenvalue weighted by Gasteiger charge is -2.18. The number of nitrogens with zero attached hydrogens (tertiary/aromatic N) is 1. The van der Waals surface area contributed by atoms with Crippen LogP contribution < -0.4 is 5.32 Å². The molecule has 1 heterocycles. The second kappa shape index (κ2) is 6.47. The summed E-state index contributed by atoms with van der Waals surface area (Å²) >= 11 is 0. The monoisotopic (exact) mass is 250 g/mol. The molecule has 1 aromatic heterocycles. The van der Waals surface area contributed by atoms with Crippen molar-refractivity contribution in [1.82, 2.24) is 4.98 Å². The largest absolute Gasteiger partial charge is 0.310 e. The number of hydrogen-bond acceptors (Lipinski definition) is 2. The van der Waals surface area contributed by atoms with Crippen molar-refractivity contribution in [3.63, 3.8) is 0 Å². The number of rotatable bonds is 2. The lowest BCUT2D eigenvalue weighted by atomic mass is 9.90. The molecule has 0 saturated heterocycles. The maximum absolute atomic E-state index is 12.9. The molecule has 18 heavy (non-hydrogen) atoms. The third-order valence-corrected chi connectivity index (χ3v) is 3.44. The van der Waals surface area contributed by atoms with Crippen LogP contribution in [-0.2, 0) is 4.79 Å². The fourth-order valence-corrected chi connectivity index (χ4v) is 2.42. The van der Waals surface area contributed by atoms with Crippen LogP contribution in [0.25, 0.3) is 0 Å². The third-order valence-electron chi connectivity index (χ3n) is 3.44. The van der Waals surface area contributed by atoms with Crippen LogP contribution in [0.4, 0.5) is 10.2 Å². The highest BCUT2D eigenvalue weighted by Crippen LogP contribution is 2.23. The summed E-state index contributed by atoms with van der Waals surface area (Å²) in [6, 6.07) is 4.44. The molecule has 4 heteroatoms. The molecule has 1 N–H and O–H groups in total. The summed E-state index contributed by atoms with van der Waals surface area (Å²) in [4.78, 5) is 15.7. The zero-order valence-corrected chi connectivity index (χ0v) is 10.5. The number of hydrogen-bond donors (Lipinski definition) is 1. The van der Waals surface area contributed by atoms with E-state index in [4.69, 9.17) is 0 Å². The Morgan fingerprint density at radius 2 is 1.83 bits per heavy atom. The molecule has 1 amide bonds. The quantitative estimate of drug-likeness (QED) is 0.816. The molecule has 1 saturated carbocycles. The SMILES string of the molecule is O=C(Nc1cccc(F)n1)C1CCCCCCC1. The molecule has 0 unspecified atom stereocenters. The summed E-state index contributed by atoms with van der Waals surface area (Å²) in [6.07, 6.45) is 7.77. The van der Waals surface area contributed by atoms with E-state index >= 15 is 0 Å². The van der Waals surface area contributed by atoms with Gasteiger partial charge in [-0.15, -0.1) is 0 Å². The van der Waals surface area contributed by atoms with Crippen LogP contribution in [0.15, 0.2) is 18.2 Å². The average molecular weight is 250 g/mol. The predicted molar refractivity (Wildman–Crippen MR) is 68.6 cm³/mol. The number of anilines is 1. The van der Waals surface area contributed by atoms with Crippen LogP contribution >= 0.6 is 0 Å². The summed E-state index contributed by atoms with van der Waals surface area (Å²) < 4.78 is 12.9. The van der Waals surface area contributed by atoms with Crippen LogP contribution in [0.1, 0.15) is 44.9 Å². The maximum Gasteiger partial charge on any atom is 0.228 e. The Bertz CT molecular complexity index is 401. The minimum Gasteiger partial charge on any atom is -0.310 e. The molecule has 1 aliphatic carbocycles. The molecule has 0 aliphatic heterocycles. The predicted octanol–water partition coefficient (Wildman–Crippen LogP) is 3.52. The Morgan fingerprint density at radius 1 is 1.17 bits per heavy atom. The summed E-state index contributed by atoms with van der Waals surface area (Å²) in [5.41, 5.74) is 0. The van der Waals surface area contributed by atoms with Crippen LogP contribution in [-0.4, -0.2) is 10.9 Å². The van der Waals surface area contributed by atoms with Gasteiger partial charge >= 0.3 is 0 Å². The van der Waals surface area contributed by atoms with Crippen LogP contribution in [0, 0.1) is 11.9 Å². The van der Waals surface area contributed by atoms with E-state index in [9.17, 15) is 9.18 Å². The number of halogens is 1. The Balaban J connectivity index is 1.93. The van der Waals surface area contributed by atoms with Gasteiger partial charge in [0, 0.05) is 5.92 Å². The highest BCUT2D eigenvalue weighted by Gasteiger charge is 2.19. The molecule has 3 nitrogen and oxygen atoms in total. The molecule has 0 bridgehead atoms. The van der Waals surface area contributed by atoms with Gasteiger partial charge in [-0.2, -0.15) is 4.39 Å². The fraction of sp³-hybridized carbons (Fsp3) is 0.571. The van der Waals surface area contributed by atoms with Crippen molar-refractivity contribution in [3.8, 4) is 0 Å². The fourth-order valence-electron chi connectivity index (χ4n) is 2.42.